The number of carbonyl (C=O) groups is 1. The number of carbonyl (C=O) groups excluding carboxylic acids is 1. The van der Waals surface area contributed by atoms with E-state index in [0.29, 0.717) is 0 Å². The number of rotatable bonds is 4. The molecule has 2 aromatic rings. The van der Waals surface area contributed by atoms with Crippen LogP contribution < -0.4 is 10.6 Å². The third-order valence-corrected chi connectivity index (χ3v) is 3.14. The lowest BCUT2D eigenvalue weighted by Crippen LogP contribution is -2.13. The summed E-state index contributed by atoms with van der Waals surface area (Å²) in [7, 11) is 1.53. The summed E-state index contributed by atoms with van der Waals surface area (Å²) in [5.41, 5.74) is -0.0416. The van der Waals surface area contributed by atoms with E-state index in [4.69, 9.17) is 11.6 Å². The van der Waals surface area contributed by atoms with Gasteiger partial charge in [0.2, 0.25) is 0 Å². The largest absolute Gasteiger partial charge is 0.383 e. The summed E-state index contributed by atoms with van der Waals surface area (Å²) in [5, 5.41) is 16.2. The standard InChI is InChI=1S/C14H11ClFN3O3/c1-17-11-5-2-8(6-13(11)19(21)22)14(20)18-12-7-9(15)3-4-10(12)16/h2-7,17H,1H3,(H,18,20). The lowest BCUT2D eigenvalue weighted by molar-refractivity contribution is -0.384. The molecular formula is C14H11ClFN3O3. The van der Waals surface area contributed by atoms with Gasteiger partial charge in [0.05, 0.1) is 10.6 Å². The van der Waals surface area contributed by atoms with Crippen molar-refractivity contribution in [3.05, 3.63) is 62.9 Å². The number of anilines is 2. The van der Waals surface area contributed by atoms with Gasteiger partial charge < -0.3 is 10.6 Å². The molecule has 0 aliphatic rings. The van der Waals surface area contributed by atoms with Gasteiger partial charge in [-0.15, -0.1) is 0 Å². The Hall–Kier alpha value is -2.67. The molecule has 0 atom stereocenters. The van der Waals surface area contributed by atoms with Gasteiger partial charge in [-0.1, -0.05) is 11.6 Å². The second-order valence-corrected chi connectivity index (χ2v) is 4.75. The third-order valence-electron chi connectivity index (χ3n) is 2.90. The van der Waals surface area contributed by atoms with Gasteiger partial charge in [0, 0.05) is 23.7 Å². The molecule has 0 aliphatic heterocycles. The van der Waals surface area contributed by atoms with Gasteiger partial charge in [-0.25, -0.2) is 4.39 Å². The first-order valence-corrected chi connectivity index (χ1v) is 6.52. The number of hydrogen-bond acceptors (Lipinski definition) is 4. The summed E-state index contributed by atoms with van der Waals surface area (Å²) in [4.78, 5) is 22.4. The maximum absolute atomic E-state index is 13.6. The van der Waals surface area contributed by atoms with Crippen molar-refractivity contribution in [3.8, 4) is 0 Å². The van der Waals surface area contributed by atoms with E-state index in [0.717, 1.165) is 12.1 Å². The summed E-state index contributed by atoms with van der Waals surface area (Å²) < 4.78 is 13.6. The Bertz CT molecular complexity index is 752. The molecule has 1 amide bonds. The number of nitrogens with zero attached hydrogens (tertiary/aromatic N) is 1. The van der Waals surface area contributed by atoms with E-state index in [1.165, 1.54) is 31.3 Å². The maximum Gasteiger partial charge on any atom is 0.293 e. The van der Waals surface area contributed by atoms with Crippen LogP contribution in [0.15, 0.2) is 36.4 Å². The number of nitro benzene ring substituents is 1. The monoisotopic (exact) mass is 323 g/mol. The molecule has 0 fully saturated rings. The van der Waals surface area contributed by atoms with Crippen molar-refractivity contribution >= 4 is 34.6 Å². The average molecular weight is 324 g/mol. The SMILES string of the molecule is CNc1ccc(C(=O)Nc2cc(Cl)ccc2F)cc1[N+](=O)[O-]. The van der Waals surface area contributed by atoms with Crippen molar-refractivity contribution in [1.29, 1.82) is 0 Å². The Morgan fingerprint density at radius 2 is 1.95 bits per heavy atom. The molecule has 0 heterocycles. The zero-order valence-electron chi connectivity index (χ0n) is 11.4. The Kier molecular flexibility index (Phi) is 4.57. The van der Waals surface area contributed by atoms with Crippen LogP contribution in [0.2, 0.25) is 5.02 Å². The molecule has 6 nitrogen and oxygen atoms in total. The van der Waals surface area contributed by atoms with Crippen LogP contribution in [0.25, 0.3) is 0 Å². The van der Waals surface area contributed by atoms with Crippen LogP contribution in [0.3, 0.4) is 0 Å². The summed E-state index contributed by atoms with van der Waals surface area (Å²) in [6.07, 6.45) is 0. The minimum atomic E-state index is -0.674. The molecule has 0 aliphatic carbocycles. The van der Waals surface area contributed by atoms with Crippen LogP contribution in [0.4, 0.5) is 21.5 Å². The quantitative estimate of drug-likeness (QED) is 0.664. The molecule has 0 saturated carbocycles. The first kappa shape index (κ1) is 15.7. The number of nitrogens with one attached hydrogen (secondary N) is 2. The minimum Gasteiger partial charge on any atom is -0.383 e. The Labute approximate surface area is 130 Å². The highest BCUT2D eigenvalue weighted by atomic mass is 35.5. The van der Waals surface area contributed by atoms with Gasteiger partial charge in [-0.3, -0.25) is 14.9 Å². The highest BCUT2D eigenvalue weighted by Gasteiger charge is 2.17. The molecule has 2 rings (SSSR count). The van der Waals surface area contributed by atoms with Crippen LogP contribution in [0, 0.1) is 15.9 Å². The smallest absolute Gasteiger partial charge is 0.293 e. The predicted molar refractivity (Wildman–Crippen MR) is 82.0 cm³/mol. The van der Waals surface area contributed by atoms with E-state index in [1.54, 1.807) is 0 Å². The van der Waals surface area contributed by atoms with Gasteiger partial charge >= 0.3 is 0 Å². The molecule has 0 unspecified atom stereocenters. The molecule has 8 heteroatoms. The Balaban J connectivity index is 2.32. The molecule has 0 saturated heterocycles. The Morgan fingerprint density at radius 1 is 1.23 bits per heavy atom. The van der Waals surface area contributed by atoms with Crippen molar-refractivity contribution < 1.29 is 14.1 Å². The molecule has 2 N–H and O–H groups in total. The zero-order chi connectivity index (χ0) is 16.3. The lowest BCUT2D eigenvalue weighted by atomic mass is 10.1. The van der Waals surface area contributed by atoms with Crippen LogP contribution in [-0.4, -0.2) is 17.9 Å². The van der Waals surface area contributed by atoms with Crippen molar-refractivity contribution in [2.24, 2.45) is 0 Å². The van der Waals surface area contributed by atoms with E-state index in [-0.39, 0.29) is 27.6 Å². The van der Waals surface area contributed by atoms with Gasteiger partial charge in [0.15, 0.2) is 0 Å². The molecule has 0 aromatic heterocycles. The van der Waals surface area contributed by atoms with Crippen LogP contribution in [-0.2, 0) is 0 Å². The third kappa shape index (κ3) is 3.32. The zero-order valence-corrected chi connectivity index (χ0v) is 12.1. The molecule has 0 bridgehead atoms. The predicted octanol–water partition coefficient (Wildman–Crippen LogP) is 3.68. The van der Waals surface area contributed by atoms with Gasteiger partial charge in [-0.05, 0) is 30.3 Å². The average Bonchev–Trinajstić information content (AvgIpc) is 2.50. The molecule has 0 spiro atoms. The van der Waals surface area contributed by atoms with E-state index in [2.05, 4.69) is 10.6 Å². The molecular weight excluding hydrogens is 313 g/mol. The Morgan fingerprint density at radius 3 is 2.59 bits per heavy atom. The summed E-state index contributed by atoms with van der Waals surface area (Å²) in [6.45, 7) is 0. The number of nitro groups is 1. The number of halogens is 2. The van der Waals surface area contributed by atoms with Crippen molar-refractivity contribution in [2.75, 3.05) is 17.7 Å². The highest BCUT2D eigenvalue weighted by molar-refractivity contribution is 6.31. The fourth-order valence-electron chi connectivity index (χ4n) is 1.82. The number of benzene rings is 2. The minimum absolute atomic E-state index is 0.0325. The van der Waals surface area contributed by atoms with Crippen LogP contribution >= 0.6 is 11.6 Å². The molecule has 2 aromatic carbocycles. The van der Waals surface area contributed by atoms with E-state index >= 15 is 0 Å². The van der Waals surface area contributed by atoms with E-state index in [1.807, 2.05) is 0 Å². The van der Waals surface area contributed by atoms with Gasteiger partial charge in [-0.2, -0.15) is 0 Å². The summed E-state index contributed by atoms with van der Waals surface area (Å²) >= 11 is 5.74. The highest BCUT2D eigenvalue weighted by Crippen LogP contribution is 2.26. The molecule has 0 radical (unpaired) electrons. The van der Waals surface area contributed by atoms with Crippen LogP contribution in [0.5, 0.6) is 0 Å². The van der Waals surface area contributed by atoms with Gasteiger partial charge in [0.25, 0.3) is 11.6 Å². The first-order valence-electron chi connectivity index (χ1n) is 6.15. The topological polar surface area (TPSA) is 84.3 Å². The second-order valence-electron chi connectivity index (χ2n) is 4.32. The fourth-order valence-corrected chi connectivity index (χ4v) is 2.00. The van der Waals surface area contributed by atoms with Crippen molar-refractivity contribution in [1.82, 2.24) is 0 Å². The van der Waals surface area contributed by atoms with Crippen molar-refractivity contribution in [2.45, 2.75) is 0 Å². The maximum atomic E-state index is 13.6. The normalized spacial score (nSPS) is 10.1. The molecule has 114 valence electrons. The number of amides is 1. The van der Waals surface area contributed by atoms with E-state index in [9.17, 15) is 19.3 Å². The second kappa shape index (κ2) is 6.40. The number of hydrogen-bond donors (Lipinski definition) is 2. The summed E-state index contributed by atoms with van der Waals surface area (Å²) in [6, 6.07) is 7.64. The van der Waals surface area contributed by atoms with E-state index < -0.39 is 16.6 Å². The van der Waals surface area contributed by atoms with Crippen LogP contribution in [0.1, 0.15) is 10.4 Å². The lowest BCUT2D eigenvalue weighted by Gasteiger charge is -2.08. The van der Waals surface area contributed by atoms with Gasteiger partial charge in [0.1, 0.15) is 11.5 Å². The molecule has 22 heavy (non-hydrogen) atoms. The first-order chi connectivity index (χ1) is 10.4. The summed E-state index contributed by atoms with van der Waals surface area (Å²) in [5.74, 6) is -1.33. The fraction of sp³-hybridized carbons (Fsp3) is 0.0714. The van der Waals surface area contributed by atoms with Crippen molar-refractivity contribution in [3.63, 3.8) is 0 Å².